The number of aryl methyl sites for hydroxylation is 1. The van der Waals surface area contributed by atoms with Gasteiger partial charge in [0.05, 0.1) is 12.2 Å². The monoisotopic (exact) mass is 332 g/mol. The quantitative estimate of drug-likeness (QED) is 0.914. The van der Waals surface area contributed by atoms with Crippen LogP contribution in [0, 0.1) is 6.92 Å². The number of hydrogen-bond donors (Lipinski definition) is 1. The van der Waals surface area contributed by atoms with E-state index in [1.807, 2.05) is 43.0 Å². The smallest absolute Gasteiger partial charge is 0.243 e. The van der Waals surface area contributed by atoms with Crippen LogP contribution in [0.1, 0.15) is 5.56 Å². The minimum atomic E-state index is -0.00729. The zero-order valence-electron chi connectivity index (χ0n) is 12.3. The summed E-state index contributed by atoms with van der Waals surface area (Å²) in [5.41, 5.74) is 2.92. The van der Waals surface area contributed by atoms with Crippen LogP contribution in [-0.4, -0.2) is 24.7 Å². The zero-order valence-corrected chi connectivity index (χ0v) is 13.9. The fourth-order valence-electron chi connectivity index (χ4n) is 2.52. The first-order valence-electron chi connectivity index (χ1n) is 7.16. The summed E-state index contributed by atoms with van der Waals surface area (Å²) in [6.07, 6.45) is 0. The molecule has 0 fully saturated rings. The number of carbonyl (C=O) groups is 1. The van der Waals surface area contributed by atoms with E-state index >= 15 is 0 Å². The SMILES string of the molecule is Cc1cc(Cl)ccc1NC(=O)CN1CCSc2ccccc21. The summed E-state index contributed by atoms with van der Waals surface area (Å²) >= 11 is 7.78. The minimum Gasteiger partial charge on any atom is -0.360 e. The van der Waals surface area contributed by atoms with Crippen molar-refractivity contribution in [1.82, 2.24) is 0 Å². The second-order valence-electron chi connectivity index (χ2n) is 5.25. The standard InChI is InChI=1S/C17H17ClN2OS/c1-12-10-13(18)6-7-14(12)19-17(21)11-20-8-9-22-16-5-3-2-4-15(16)20/h2-7,10H,8-9,11H2,1H3,(H,19,21). The number of rotatable bonds is 3. The lowest BCUT2D eigenvalue weighted by atomic mass is 10.2. The topological polar surface area (TPSA) is 32.3 Å². The molecule has 0 saturated heterocycles. The van der Waals surface area contributed by atoms with Crippen LogP contribution in [0.2, 0.25) is 5.02 Å². The molecule has 0 spiro atoms. The number of carbonyl (C=O) groups excluding carboxylic acids is 1. The summed E-state index contributed by atoms with van der Waals surface area (Å²) in [5.74, 6) is 0.997. The fourth-order valence-corrected chi connectivity index (χ4v) is 3.80. The van der Waals surface area contributed by atoms with Crippen LogP contribution >= 0.6 is 23.4 Å². The summed E-state index contributed by atoms with van der Waals surface area (Å²) < 4.78 is 0. The molecule has 0 aliphatic carbocycles. The van der Waals surface area contributed by atoms with Gasteiger partial charge in [-0.2, -0.15) is 0 Å². The molecule has 3 rings (SSSR count). The molecule has 0 unspecified atom stereocenters. The average Bonchev–Trinajstić information content (AvgIpc) is 2.50. The molecule has 0 radical (unpaired) electrons. The van der Waals surface area contributed by atoms with E-state index in [1.54, 1.807) is 6.07 Å². The summed E-state index contributed by atoms with van der Waals surface area (Å²) in [7, 11) is 0. The number of thioether (sulfide) groups is 1. The number of nitrogens with zero attached hydrogens (tertiary/aromatic N) is 1. The first kappa shape index (κ1) is 15.3. The van der Waals surface area contributed by atoms with Gasteiger partial charge in [-0.15, -0.1) is 11.8 Å². The normalized spacial score (nSPS) is 13.6. The first-order valence-corrected chi connectivity index (χ1v) is 8.52. The third kappa shape index (κ3) is 3.39. The Balaban J connectivity index is 1.70. The highest BCUT2D eigenvalue weighted by Gasteiger charge is 2.19. The van der Waals surface area contributed by atoms with E-state index in [2.05, 4.69) is 22.3 Å². The Kier molecular flexibility index (Phi) is 4.60. The Morgan fingerprint density at radius 1 is 1.32 bits per heavy atom. The second-order valence-corrected chi connectivity index (χ2v) is 6.82. The van der Waals surface area contributed by atoms with Crippen LogP contribution in [0.3, 0.4) is 0 Å². The van der Waals surface area contributed by atoms with E-state index in [0.29, 0.717) is 11.6 Å². The van der Waals surface area contributed by atoms with Gasteiger partial charge in [0.2, 0.25) is 5.91 Å². The molecular weight excluding hydrogens is 316 g/mol. The van der Waals surface area contributed by atoms with Gasteiger partial charge in [0.1, 0.15) is 0 Å². The molecule has 1 aliphatic rings. The Bertz CT molecular complexity index is 705. The van der Waals surface area contributed by atoms with Gasteiger partial charge in [0.15, 0.2) is 0 Å². The van der Waals surface area contributed by atoms with Crippen molar-refractivity contribution in [3.8, 4) is 0 Å². The predicted molar refractivity (Wildman–Crippen MR) is 94.2 cm³/mol. The van der Waals surface area contributed by atoms with Crippen LogP contribution in [0.15, 0.2) is 47.4 Å². The summed E-state index contributed by atoms with van der Waals surface area (Å²) in [4.78, 5) is 15.7. The van der Waals surface area contributed by atoms with Gasteiger partial charge >= 0.3 is 0 Å². The lowest BCUT2D eigenvalue weighted by Gasteiger charge is -2.30. The maximum Gasteiger partial charge on any atom is 0.243 e. The van der Waals surface area contributed by atoms with Crippen LogP contribution in [0.5, 0.6) is 0 Å². The number of fused-ring (bicyclic) bond motifs is 1. The van der Waals surface area contributed by atoms with Crippen molar-refractivity contribution in [1.29, 1.82) is 0 Å². The third-order valence-corrected chi connectivity index (χ3v) is 4.90. The van der Waals surface area contributed by atoms with Crippen LogP contribution in [0.25, 0.3) is 0 Å². The summed E-state index contributed by atoms with van der Waals surface area (Å²) in [5, 5.41) is 3.65. The third-order valence-electron chi connectivity index (χ3n) is 3.62. The molecule has 0 bridgehead atoms. The highest BCUT2D eigenvalue weighted by molar-refractivity contribution is 7.99. The molecule has 5 heteroatoms. The highest BCUT2D eigenvalue weighted by atomic mass is 35.5. The van der Waals surface area contributed by atoms with E-state index < -0.39 is 0 Å². The molecular formula is C17H17ClN2OS. The fraction of sp³-hybridized carbons (Fsp3) is 0.235. The number of para-hydroxylation sites is 1. The summed E-state index contributed by atoms with van der Waals surface area (Å²) in [6, 6.07) is 13.7. The minimum absolute atomic E-state index is 0.00729. The van der Waals surface area contributed by atoms with Crippen LogP contribution in [0.4, 0.5) is 11.4 Å². The average molecular weight is 333 g/mol. The van der Waals surface area contributed by atoms with Gasteiger partial charge in [-0.1, -0.05) is 23.7 Å². The van der Waals surface area contributed by atoms with Crippen molar-refractivity contribution in [2.45, 2.75) is 11.8 Å². The predicted octanol–water partition coefficient (Wildman–Crippen LogP) is 4.20. The number of hydrogen-bond acceptors (Lipinski definition) is 3. The molecule has 1 aliphatic heterocycles. The molecule has 0 saturated carbocycles. The largest absolute Gasteiger partial charge is 0.360 e. The number of halogens is 1. The van der Waals surface area contributed by atoms with E-state index in [4.69, 9.17) is 11.6 Å². The van der Waals surface area contributed by atoms with Gasteiger partial charge in [0, 0.05) is 27.9 Å². The van der Waals surface area contributed by atoms with Crippen molar-refractivity contribution >= 4 is 40.6 Å². The van der Waals surface area contributed by atoms with Crippen molar-refractivity contribution in [3.05, 3.63) is 53.1 Å². The van der Waals surface area contributed by atoms with E-state index in [0.717, 1.165) is 29.2 Å². The molecule has 114 valence electrons. The Morgan fingerprint density at radius 3 is 2.95 bits per heavy atom. The van der Waals surface area contributed by atoms with Crippen molar-refractivity contribution in [2.75, 3.05) is 29.1 Å². The number of nitrogens with one attached hydrogen (secondary N) is 1. The zero-order chi connectivity index (χ0) is 15.5. The molecule has 1 heterocycles. The Morgan fingerprint density at radius 2 is 2.14 bits per heavy atom. The second kappa shape index (κ2) is 6.63. The van der Waals surface area contributed by atoms with Gasteiger partial charge in [-0.3, -0.25) is 4.79 Å². The van der Waals surface area contributed by atoms with Gasteiger partial charge in [-0.05, 0) is 42.8 Å². The van der Waals surface area contributed by atoms with E-state index in [9.17, 15) is 4.79 Å². The van der Waals surface area contributed by atoms with Gasteiger partial charge < -0.3 is 10.2 Å². The number of amides is 1. The van der Waals surface area contributed by atoms with Crippen molar-refractivity contribution in [2.24, 2.45) is 0 Å². The lowest BCUT2D eigenvalue weighted by molar-refractivity contribution is -0.115. The molecule has 1 amide bonds. The Labute approximate surface area is 139 Å². The molecule has 3 nitrogen and oxygen atoms in total. The lowest BCUT2D eigenvalue weighted by Crippen LogP contribution is -2.36. The first-order chi connectivity index (χ1) is 10.6. The molecule has 2 aromatic carbocycles. The molecule has 0 atom stereocenters. The maximum atomic E-state index is 12.3. The molecule has 0 aromatic heterocycles. The van der Waals surface area contributed by atoms with Crippen LogP contribution < -0.4 is 10.2 Å². The Hall–Kier alpha value is -1.65. The van der Waals surface area contributed by atoms with Crippen LogP contribution in [-0.2, 0) is 4.79 Å². The number of benzene rings is 2. The van der Waals surface area contributed by atoms with Gasteiger partial charge in [0.25, 0.3) is 0 Å². The number of anilines is 2. The van der Waals surface area contributed by atoms with Gasteiger partial charge in [-0.25, -0.2) is 0 Å². The molecule has 2 aromatic rings. The highest BCUT2D eigenvalue weighted by Crippen LogP contribution is 2.34. The van der Waals surface area contributed by atoms with Crippen molar-refractivity contribution < 1.29 is 4.79 Å². The summed E-state index contributed by atoms with van der Waals surface area (Å²) in [6.45, 7) is 3.18. The molecule has 22 heavy (non-hydrogen) atoms. The van der Waals surface area contributed by atoms with E-state index in [-0.39, 0.29) is 5.91 Å². The molecule has 1 N–H and O–H groups in total. The van der Waals surface area contributed by atoms with E-state index in [1.165, 1.54) is 4.90 Å². The maximum absolute atomic E-state index is 12.3. The van der Waals surface area contributed by atoms with Crippen molar-refractivity contribution in [3.63, 3.8) is 0 Å².